The van der Waals surface area contributed by atoms with Crippen LogP contribution in [0.1, 0.15) is 26.2 Å². The van der Waals surface area contributed by atoms with Crippen LogP contribution in [0, 0.1) is 0 Å². The second-order valence-electron chi connectivity index (χ2n) is 2.41. The first-order valence-corrected chi connectivity index (χ1v) is 3.57. The monoisotopic (exact) mass is 145 g/mol. The zero-order valence-electron chi connectivity index (χ0n) is 6.34. The van der Waals surface area contributed by atoms with Gasteiger partial charge in [0.2, 0.25) is 0 Å². The van der Waals surface area contributed by atoms with Crippen LogP contribution in [0.2, 0.25) is 0 Å². The Morgan fingerprint density at radius 2 is 2.20 bits per heavy atom. The standard InChI is InChI=1S/C7H15NO2/c1-6(9)7(10)4-2-3-5-8/h7,10H,2-5,8H2,1H3. The number of aliphatic hydroxyl groups excluding tert-OH is 1. The molecule has 0 aliphatic carbocycles. The number of unbranched alkanes of at least 4 members (excludes halogenated alkanes) is 1. The van der Waals surface area contributed by atoms with Gasteiger partial charge in [0.25, 0.3) is 0 Å². The van der Waals surface area contributed by atoms with Crippen molar-refractivity contribution in [3.63, 3.8) is 0 Å². The highest BCUT2D eigenvalue weighted by Crippen LogP contribution is 1.99. The Balaban J connectivity index is 3.21. The minimum Gasteiger partial charge on any atom is -0.385 e. The molecule has 0 saturated heterocycles. The summed E-state index contributed by atoms with van der Waals surface area (Å²) in [6.07, 6.45) is 1.49. The molecule has 0 aromatic heterocycles. The third-order valence-electron chi connectivity index (χ3n) is 1.40. The molecule has 3 nitrogen and oxygen atoms in total. The molecular formula is C7H15NO2. The number of hydrogen-bond acceptors (Lipinski definition) is 3. The van der Waals surface area contributed by atoms with Gasteiger partial charge >= 0.3 is 0 Å². The molecule has 3 N–H and O–H groups in total. The fraction of sp³-hybridized carbons (Fsp3) is 0.857. The smallest absolute Gasteiger partial charge is 0.158 e. The Bertz CT molecular complexity index is 104. The number of Topliss-reactive ketones (excluding diaryl/α,β-unsaturated/α-hetero) is 1. The van der Waals surface area contributed by atoms with E-state index in [0.717, 1.165) is 12.8 Å². The maximum Gasteiger partial charge on any atom is 0.158 e. The van der Waals surface area contributed by atoms with Gasteiger partial charge in [-0.05, 0) is 32.7 Å². The van der Waals surface area contributed by atoms with Crippen LogP contribution in [0.5, 0.6) is 0 Å². The lowest BCUT2D eigenvalue weighted by Crippen LogP contribution is -2.16. The molecule has 0 aliphatic rings. The van der Waals surface area contributed by atoms with Crippen molar-refractivity contribution >= 4 is 5.78 Å². The Labute approximate surface area is 61.2 Å². The van der Waals surface area contributed by atoms with E-state index in [0.29, 0.717) is 13.0 Å². The van der Waals surface area contributed by atoms with Crippen molar-refractivity contribution in [2.45, 2.75) is 32.3 Å². The number of hydrogen-bond donors (Lipinski definition) is 2. The van der Waals surface area contributed by atoms with E-state index in [4.69, 9.17) is 10.8 Å². The summed E-state index contributed by atoms with van der Waals surface area (Å²) in [5.41, 5.74) is 5.22. The molecule has 0 amide bonds. The SMILES string of the molecule is CC(=O)C(O)CCCCN. The van der Waals surface area contributed by atoms with Crippen molar-refractivity contribution in [3.8, 4) is 0 Å². The number of aliphatic hydroxyl groups is 1. The summed E-state index contributed by atoms with van der Waals surface area (Å²) in [7, 11) is 0. The first-order chi connectivity index (χ1) is 4.68. The summed E-state index contributed by atoms with van der Waals surface area (Å²) >= 11 is 0. The quantitative estimate of drug-likeness (QED) is 0.538. The second-order valence-corrected chi connectivity index (χ2v) is 2.41. The largest absolute Gasteiger partial charge is 0.385 e. The minimum atomic E-state index is -0.772. The van der Waals surface area contributed by atoms with Crippen LogP contribution in [0.3, 0.4) is 0 Å². The maximum atomic E-state index is 10.5. The normalized spacial score (nSPS) is 13.1. The van der Waals surface area contributed by atoms with E-state index in [1.54, 1.807) is 0 Å². The number of rotatable bonds is 5. The Morgan fingerprint density at radius 1 is 1.60 bits per heavy atom. The van der Waals surface area contributed by atoms with Gasteiger partial charge in [0.1, 0.15) is 6.10 Å². The summed E-state index contributed by atoms with van der Waals surface area (Å²) in [6, 6.07) is 0. The van der Waals surface area contributed by atoms with Gasteiger partial charge in [-0.15, -0.1) is 0 Å². The van der Waals surface area contributed by atoms with E-state index in [2.05, 4.69) is 0 Å². The Morgan fingerprint density at radius 3 is 2.60 bits per heavy atom. The molecule has 0 aliphatic heterocycles. The summed E-state index contributed by atoms with van der Waals surface area (Å²) < 4.78 is 0. The van der Waals surface area contributed by atoms with Crippen molar-refractivity contribution in [1.82, 2.24) is 0 Å². The molecule has 0 radical (unpaired) electrons. The molecule has 0 bridgehead atoms. The van der Waals surface area contributed by atoms with E-state index in [9.17, 15) is 4.79 Å². The summed E-state index contributed by atoms with van der Waals surface area (Å²) in [4.78, 5) is 10.5. The summed E-state index contributed by atoms with van der Waals surface area (Å²) in [5, 5.41) is 8.96. The zero-order chi connectivity index (χ0) is 7.98. The van der Waals surface area contributed by atoms with E-state index in [-0.39, 0.29) is 5.78 Å². The van der Waals surface area contributed by atoms with Crippen LogP contribution in [-0.4, -0.2) is 23.5 Å². The molecule has 0 aromatic rings. The molecule has 1 atom stereocenters. The lowest BCUT2D eigenvalue weighted by Gasteiger charge is -2.04. The number of carbonyl (C=O) groups excluding carboxylic acids is 1. The van der Waals surface area contributed by atoms with Crippen molar-refractivity contribution in [2.24, 2.45) is 5.73 Å². The van der Waals surface area contributed by atoms with Crippen LogP contribution in [0.4, 0.5) is 0 Å². The third kappa shape index (κ3) is 4.47. The maximum absolute atomic E-state index is 10.5. The molecule has 60 valence electrons. The van der Waals surface area contributed by atoms with Gasteiger partial charge in [0.05, 0.1) is 0 Å². The fourth-order valence-electron chi connectivity index (χ4n) is 0.685. The molecule has 0 fully saturated rings. The highest BCUT2D eigenvalue weighted by molar-refractivity contribution is 5.79. The average Bonchev–Trinajstić information content (AvgIpc) is 1.88. The highest BCUT2D eigenvalue weighted by atomic mass is 16.3. The van der Waals surface area contributed by atoms with Gasteiger partial charge in [-0.1, -0.05) is 0 Å². The van der Waals surface area contributed by atoms with Crippen molar-refractivity contribution in [3.05, 3.63) is 0 Å². The molecule has 0 aromatic carbocycles. The number of carbonyl (C=O) groups is 1. The second kappa shape index (κ2) is 5.38. The molecular weight excluding hydrogens is 130 g/mol. The van der Waals surface area contributed by atoms with Crippen molar-refractivity contribution in [2.75, 3.05) is 6.54 Å². The Kier molecular flexibility index (Phi) is 5.16. The van der Waals surface area contributed by atoms with E-state index >= 15 is 0 Å². The fourth-order valence-corrected chi connectivity index (χ4v) is 0.685. The van der Waals surface area contributed by atoms with Gasteiger partial charge in [-0.2, -0.15) is 0 Å². The molecule has 1 unspecified atom stereocenters. The minimum absolute atomic E-state index is 0.156. The van der Waals surface area contributed by atoms with E-state index in [1.807, 2.05) is 0 Å². The summed E-state index contributed by atoms with van der Waals surface area (Å²) in [6.45, 7) is 2.03. The van der Waals surface area contributed by atoms with Crippen molar-refractivity contribution < 1.29 is 9.90 Å². The highest BCUT2D eigenvalue weighted by Gasteiger charge is 2.07. The Hall–Kier alpha value is -0.410. The van der Waals surface area contributed by atoms with E-state index in [1.165, 1.54) is 6.92 Å². The molecule has 10 heavy (non-hydrogen) atoms. The van der Waals surface area contributed by atoms with Gasteiger partial charge in [-0.3, -0.25) is 4.79 Å². The molecule has 0 rings (SSSR count). The average molecular weight is 145 g/mol. The molecule has 0 spiro atoms. The predicted molar refractivity (Wildman–Crippen MR) is 39.6 cm³/mol. The van der Waals surface area contributed by atoms with Crippen LogP contribution >= 0.6 is 0 Å². The van der Waals surface area contributed by atoms with Gasteiger partial charge in [0, 0.05) is 0 Å². The number of nitrogens with two attached hydrogens (primary N) is 1. The molecule has 0 heterocycles. The van der Waals surface area contributed by atoms with E-state index < -0.39 is 6.10 Å². The summed E-state index contributed by atoms with van der Waals surface area (Å²) in [5.74, 6) is -0.156. The van der Waals surface area contributed by atoms with Gasteiger partial charge in [-0.25, -0.2) is 0 Å². The van der Waals surface area contributed by atoms with Crippen LogP contribution in [0.25, 0.3) is 0 Å². The van der Waals surface area contributed by atoms with Gasteiger partial charge in [0.15, 0.2) is 5.78 Å². The first-order valence-electron chi connectivity index (χ1n) is 3.57. The first kappa shape index (κ1) is 9.59. The van der Waals surface area contributed by atoms with Crippen LogP contribution < -0.4 is 5.73 Å². The molecule has 3 heteroatoms. The lowest BCUT2D eigenvalue weighted by atomic mass is 10.1. The zero-order valence-corrected chi connectivity index (χ0v) is 6.34. The van der Waals surface area contributed by atoms with Gasteiger partial charge < -0.3 is 10.8 Å². The topological polar surface area (TPSA) is 63.3 Å². The molecule has 0 saturated carbocycles. The van der Waals surface area contributed by atoms with Crippen molar-refractivity contribution in [1.29, 1.82) is 0 Å². The van der Waals surface area contributed by atoms with Crippen LogP contribution in [0.15, 0.2) is 0 Å². The third-order valence-corrected chi connectivity index (χ3v) is 1.40. The lowest BCUT2D eigenvalue weighted by molar-refractivity contribution is -0.125. The predicted octanol–water partition coefficient (Wildman–Crippen LogP) is 0.0653. The van der Waals surface area contributed by atoms with Crippen LogP contribution in [-0.2, 0) is 4.79 Å². The number of ketones is 1.